The lowest BCUT2D eigenvalue weighted by molar-refractivity contribution is -0.122. The number of methoxy groups -OCH3 is 1. The molecule has 3 rings (SSSR count). The van der Waals surface area contributed by atoms with E-state index in [0.717, 1.165) is 18.9 Å². The number of hydrogen-bond donors (Lipinski definition) is 1. The molecule has 1 amide bonds. The molecule has 2 aliphatic rings. The molecule has 0 spiro atoms. The van der Waals surface area contributed by atoms with Gasteiger partial charge in [0.05, 0.1) is 11.5 Å². The van der Waals surface area contributed by atoms with Crippen molar-refractivity contribution >= 4 is 46.1 Å². The SMILES string of the molecule is CCn1c(N2CCN(CCO)CC2)c(/C=C2\SC(=S)N(CCCOC)C2=O)c(C)c(C#N)c1=O. The van der Waals surface area contributed by atoms with Gasteiger partial charge >= 0.3 is 0 Å². The van der Waals surface area contributed by atoms with Crippen molar-refractivity contribution in [3.05, 3.63) is 31.9 Å². The molecule has 0 atom stereocenters. The number of ether oxygens (including phenoxy) is 1. The van der Waals surface area contributed by atoms with Crippen LogP contribution in [0.1, 0.15) is 30.0 Å². The number of hydrogen-bond acceptors (Lipinski definition) is 9. The Morgan fingerprint density at radius 3 is 2.53 bits per heavy atom. The zero-order chi connectivity index (χ0) is 24.8. The maximum atomic E-state index is 13.1. The second-order valence-corrected chi connectivity index (χ2v) is 9.81. The molecule has 184 valence electrons. The normalized spacial score (nSPS) is 18.3. The van der Waals surface area contributed by atoms with Crippen LogP contribution in [0.3, 0.4) is 0 Å². The number of thiocarbonyl (C=S) groups is 1. The lowest BCUT2D eigenvalue weighted by atomic mass is 10.0. The third-order valence-corrected chi connectivity index (χ3v) is 7.51. The van der Waals surface area contributed by atoms with E-state index in [9.17, 15) is 20.0 Å². The molecule has 0 aromatic carbocycles. The molecule has 3 heterocycles. The van der Waals surface area contributed by atoms with Crippen LogP contribution in [0.25, 0.3) is 6.08 Å². The number of aliphatic hydroxyl groups excluding tert-OH is 1. The fraction of sp³-hybridized carbons (Fsp3) is 0.565. The van der Waals surface area contributed by atoms with Gasteiger partial charge in [0, 0.05) is 65.1 Å². The number of anilines is 1. The van der Waals surface area contributed by atoms with Crippen LogP contribution in [-0.4, -0.2) is 89.3 Å². The molecule has 0 aliphatic carbocycles. The van der Waals surface area contributed by atoms with Crippen LogP contribution >= 0.6 is 24.0 Å². The van der Waals surface area contributed by atoms with Gasteiger partial charge in [0.15, 0.2) is 0 Å². The highest BCUT2D eigenvalue weighted by Gasteiger charge is 2.33. The van der Waals surface area contributed by atoms with Crippen molar-refractivity contribution < 1.29 is 14.6 Å². The molecule has 1 aromatic heterocycles. The van der Waals surface area contributed by atoms with E-state index in [1.807, 2.05) is 6.92 Å². The van der Waals surface area contributed by atoms with Crippen molar-refractivity contribution in [2.24, 2.45) is 0 Å². The van der Waals surface area contributed by atoms with Gasteiger partial charge in [0.2, 0.25) is 0 Å². The Morgan fingerprint density at radius 1 is 1.24 bits per heavy atom. The zero-order valence-corrected chi connectivity index (χ0v) is 21.5. The molecule has 11 heteroatoms. The fourth-order valence-corrected chi connectivity index (χ4v) is 5.58. The van der Waals surface area contributed by atoms with Crippen molar-refractivity contribution in [1.29, 1.82) is 5.26 Å². The highest BCUT2D eigenvalue weighted by atomic mass is 32.2. The van der Waals surface area contributed by atoms with E-state index >= 15 is 0 Å². The van der Waals surface area contributed by atoms with Crippen LogP contribution in [0, 0.1) is 18.3 Å². The average Bonchev–Trinajstić information content (AvgIpc) is 3.09. The molecule has 1 N–H and O–H groups in total. The molecule has 1 aromatic rings. The number of amides is 1. The van der Waals surface area contributed by atoms with Crippen molar-refractivity contribution in [2.75, 3.05) is 64.5 Å². The quantitative estimate of drug-likeness (QED) is 0.303. The maximum Gasteiger partial charge on any atom is 0.270 e. The third-order valence-electron chi connectivity index (χ3n) is 6.13. The summed E-state index contributed by atoms with van der Waals surface area (Å²) in [5, 5.41) is 19.0. The standard InChI is InChI=1S/C23H31N5O4S2/c1-4-27-20(26-9-7-25(8-10-26)11-12-29)17(16(2)18(15-24)21(27)30)14-19-22(31)28(23(33)34-19)6-5-13-32-3/h14,29H,4-13H2,1-3H3/b19-14-. The zero-order valence-electron chi connectivity index (χ0n) is 19.9. The first kappa shape index (κ1) is 26.4. The molecule has 2 fully saturated rings. The van der Waals surface area contributed by atoms with Crippen molar-refractivity contribution in [2.45, 2.75) is 26.8 Å². The summed E-state index contributed by atoms with van der Waals surface area (Å²) < 4.78 is 7.21. The topological polar surface area (TPSA) is 102 Å². The molecule has 2 aliphatic heterocycles. The number of β-amino-alcohol motifs (C(OH)–C–C–N with tert-alkyl or cyclic N) is 1. The Hall–Kier alpha value is -2.23. The monoisotopic (exact) mass is 505 g/mol. The first-order chi connectivity index (χ1) is 16.4. The summed E-state index contributed by atoms with van der Waals surface area (Å²) in [6.07, 6.45) is 2.46. The summed E-state index contributed by atoms with van der Waals surface area (Å²) in [5.41, 5.74) is 1.03. The van der Waals surface area contributed by atoms with Gasteiger partial charge in [0.25, 0.3) is 11.5 Å². The first-order valence-corrected chi connectivity index (χ1v) is 12.6. The number of nitriles is 1. The number of nitrogens with zero attached hydrogens (tertiary/aromatic N) is 5. The fourth-order valence-electron chi connectivity index (χ4n) is 4.29. The van der Waals surface area contributed by atoms with Crippen LogP contribution in [0.2, 0.25) is 0 Å². The second kappa shape index (κ2) is 12.0. The average molecular weight is 506 g/mol. The van der Waals surface area contributed by atoms with Crippen molar-refractivity contribution in [3.63, 3.8) is 0 Å². The number of aliphatic hydroxyl groups is 1. The van der Waals surface area contributed by atoms with E-state index < -0.39 is 0 Å². The van der Waals surface area contributed by atoms with E-state index in [1.54, 1.807) is 29.6 Å². The number of pyridine rings is 1. The molecule has 2 saturated heterocycles. The highest BCUT2D eigenvalue weighted by Crippen LogP contribution is 2.36. The van der Waals surface area contributed by atoms with Gasteiger partial charge in [-0.1, -0.05) is 24.0 Å². The van der Waals surface area contributed by atoms with Crippen LogP contribution in [0.15, 0.2) is 9.70 Å². The Labute approximate surface area is 209 Å². The number of carbonyl (C=O) groups is 1. The number of carbonyl (C=O) groups excluding carboxylic acids is 1. The van der Waals surface area contributed by atoms with Gasteiger partial charge < -0.3 is 14.7 Å². The first-order valence-electron chi connectivity index (χ1n) is 11.4. The van der Waals surface area contributed by atoms with Crippen LogP contribution in [0.4, 0.5) is 5.82 Å². The Morgan fingerprint density at radius 2 is 1.94 bits per heavy atom. The lowest BCUT2D eigenvalue weighted by Crippen LogP contribution is -2.49. The molecular formula is C23H31N5O4S2. The van der Waals surface area contributed by atoms with Crippen molar-refractivity contribution in [3.8, 4) is 6.07 Å². The van der Waals surface area contributed by atoms with Gasteiger partial charge in [0.1, 0.15) is 21.8 Å². The summed E-state index contributed by atoms with van der Waals surface area (Å²) in [4.78, 5) is 32.6. The van der Waals surface area contributed by atoms with E-state index in [-0.39, 0.29) is 23.6 Å². The molecule has 0 radical (unpaired) electrons. The molecular weight excluding hydrogens is 474 g/mol. The Bertz CT molecular complexity index is 1070. The van der Waals surface area contributed by atoms with Crippen LogP contribution in [0.5, 0.6) is 0 Å². The van der Waals surface area contributed by atoms with Gasteiger partial charge in [-0.05, 0) is 31.9 Å². The van der Waals surface area contributed by atoms with Crippen LogP contribution < -0.4 is 10.5 Å². The van der Waals surface area contributed by atoms with Gasteiger partial charge in [-0.15, -0.1) is 0 Å². The second-order valence-electron chi connectivity index (χ2n) is 8.13. The van der Waals surface area contributed by atoms with E-state index in [1.165, 1.54) is 11.8 Å². The molecule has 0 bridgehead atoms. The van der Waals surface area contributed by atoms with E-state index in [0.29, 0.717) is 66.1 Å². The smallest absolute Gasteiger partial charge is 0.270 e. The summed E-state index contributed by atoms with van der Waals surface area (Å²) in [6.45, 7) is 8.61. The van der Waals surface area contributed by atoms with E-state index in [2.05, 4.69) is 15.9 Å². The number of rotatable bonds is 9. The number of aromatic nitrogens is 1. The number of thioether (sulfide) groups is 1. The molecule has 0 unspecified atom stereocenters. The molecule has 0 saturated carbocycles. The minimum Gasteiger partial charge on any atom is -0.395 e. The minimum atomic E-state index is -0.320. The third kappa shape index (κ3) is 5.37. The van der Waals surface area contributed by atoms with Crippen LogP contribution in [-0.2, 0) is 16.1 Å². The summed E-state index contributed by atoms with van der Waals surface area (Å²) in [6, 6.07) is 2.06. The maximum absolute atomic E-state index is 13.1. The highest BCUT2D eigenvalue weighted by molar-refractivity contribution is 8.26. The summed E-state index contributed by atoms with van der Waals surface area (Å²) in [7, 11) is 1.62. The van der Waals surface area contributed by atoms with Gasteiger partial charge in [-0.3, -0.25) is 24.0 Å². The predicted molar refractivity (Wildman–Crippen MR) is 138 cm³/mol. The summed E-state index contributed by atoms with van der Waals surface area (Å²) >= 11 is 6.69. The predicted octanol–water partition coefficient (Wildman–Crippen LogP) is 1.40. The molecule has 34 heavy (non-hydrogen) atoms. The number of piperazine rings is 1. The molecule has 9 nitrogen and oxygen atoms in total. The minimum absolute atomic E-state index is 0.0892. The van der Waals surface area contributed by atoms with Crippen molar-refractivity contribution in [1.82, 2.24) is 14.4 Å². The van der Waals surface area contributed by atoms with E-state index in [4.69, 9.17) is 17.0 Å². The summed E-state index contributed by atoms with van der Waals surface area (Å²) in [5.74, 6) is 0.550. The lowest BCUT2D eigenvalue weighted by Gasteiger charge is -2.37. The Balaban J connectivity index is 2.06. The van der Waals surface area contributed by atoms with Gasteiger partial charge in [-0.2, -0.15) is 5.26 Å². The Kier molecular flexibility index (Phi) is 9.27. The largest absolute Gasteiger partial charge is 0.395 e. The van der Waals surface area contributed by atoms with Gasteiger partial charge in [-0.25, -0.2) is 0 Å².